The first-order chi connectivity index (χ1) is 13.5. The van der Waals surface area contributed by atoms with Crippen LogP contribution in [0.15, 0.2) is 42.5 Å². The van der Waals surface area contributed by atoms with Crippen molar-refractivity contribution in [2.45, 2.75) is 0 Å². The van der Waals surface area contributed by atoms with Crippen LogP contribution in [0.4, 0.5) is 11.5 Å². The van der Waals surface area contributed by atoms with Crippen LogP contribution >= 0.6 is 23.6 Å². The summed E-state index contributed by atoms with van der Waals surface area (Å²) in [5.74, 6) is 1.56. The van der Waals surface area contributed by atoms with Crippen molar-refractivity contribution in [3.8, 4) is 22.9 Å². The van der Waals surface area contributed by atoms with E-state index in [2.05, 4.69) is 5.32 Å². The Kier molecular flexibility index (Phi) is 5.86. The molecule has 1 aromatic heterocycles. The molecule has 28 heavy (non-hydrogen) atoms. The zero-order chi connectivity index (χ0) is 20.3. The van der Waals surface area contributed by atoms with Crippen LogP contribution < -0.4 is 25.3 Å². The first-order valence-corrected chi connectivity index (χ1v) is 9.40. The van der Waals surface area contributed by atoms with Gasteiger partial charge in [0.2, 0.25) is 0 Å². The van der Waals surface area contributed by atoms with Gasteiger partial charge in [0.05, 0.1) is 32.7 Å². The SMILES string of the molecule is COc1ccc(OC)c(-n2c(N)c(C(=O)Nc3ccccc3OC)sc2=S)c1. The van der Waals surface area contributed by atoms with Crippen molar-refractivity contribution in [1.82, 2.24) is 4.57 Å². The van der Waals surface area contributed by atoms with Gasteiger partial charge in [-0.15, -0.1) is 0 Å². The number of nitrogens with one attached hydrogen (secondary N) is 1. The Morgan fingerprint density at radius 1 is 1.07 bits per heavy atom. The fraction of sp³-hybridized carbons (Fsp3) is 0.158. The average Bonchev–Trinajstić information content (AvgIpc) is 3.01. The molecule has 0 bridgehead atoms. The Labute approximate surface area is 171 Å². The van der Waals surface area contributed by atoms with Gasteiger partial charge in [-0.1, -0.05) is 23.5 Å². The molecule has 3 N–H and O–H groups in total. The number of benzene rings is 2. The number of hydrogen-bond acceptors (Lipinski definition) is 7. The molecule has 0 saturated heterocycles. The number of amides is 1. The molecule has 0 unspecified atom stereocenters. The van der Waals surface area contributed by atoms with E-state index in [1.807, 2.05) is 6.07 Å². The summed E-state index contributed by atoms with van der Waals surface area (Å²) in [6.07, 6.45) is 0. The molecule has 9 heteroatoms. The number of anilines is 2. The number of carbonyl (C=O) groups excluding carboxylic acids is 1. The maximum atomic E-state index is 12.8. The van der Waals surface area contributed by atoms with Crippen molar-refractivity contribution in [3.05, 3.63) is 51.3 Å². The highest BCUT2D eigenvalue weighted by atomic mass is 32.1. The number of nitrogen functional groups attached to an aromatic ring is 1. The van der Waals surface area contributed by atoms with Crippen LogP contribution in [0.3, 0.4) is 0 Å². The lowest BCUT2D eigenvalue weighted by Gasteiger charge is -2.13. The Hall–Kier alpha value is -3.04. The molecule has 0 fully saturated rings. The number of nitrogens with zero attached hydrogens (tertiary/aromatic N) is 1. The molecule has 1 heterocycles. The third-order valence-electron chi connectivity index (χ3n) is 4.03. The normalized spacial score (nSPS) is 10.4. The number of ether oxygens (including phenoxy) is 3. The molecule has 146 valence electrons. The van der Waals surface area contributed by atoms with Crippen molar-refractivity contribution in [1.29, 1.82) is 0 Å². The van der Waals surface area contributed by atoms with Crippen molar-refractivity contribution < 1.29 is 19.0 Å². The van der Waals surface area contributed by atoms with Crippen LogP contribution in [-0.2, 0) is 0 Å². The topological polar surface area (TPSA) is 87.7 Å². The maximum Gasteiger partial charge on any atom is 0.269 e. The summed E-state index contributed by atoms with van der Waals surface area (Å²) in [6, 6.07) is 12.4. The summed E-state index contributed by atoms with van der Waals surface area (Å²) in [7, 11) is 4.65. The van der Waals surface area contributed by atoms with Gasteiger partial charge in [0.15, 0.2) is 3.95 Å². The second-order valence-electron chi connectivity index (χ2n) is 5.61. The number of nitrogens with two attached hydrogens (primary N) is 1. The first kappa shape index (κ1) is 19.7. The van der Waals surface area contributed by atoms with Crippen LogP contribution in [0.1, 0.15) is 9.67 Å². The van der Waals surface area contributed by atoms with E-state index in [1.165, 1.54) is 7.11 Å². The summed E-state index contributed by atoms with van der Waals surface area (Å²) in [6.45, 7) is 0. The molecule has 0 radical (unpaired) electrons. The third kappa shape index (κ3) is 3.67. The van der Waals surface area contributed by atoms with Gasteiger partial charge in [-0.05, 0) is 36.5 Å². The van der Waals surface area contributed by atoms with Crippen LogP contribution in [0.5, 0.6) is 17.2 Å². The predicted molar refractivity (Wildman–Crippen MR) is 113 cm³/mol. The van der Waals surface area contributed by atoms with Gasteiger partial charge in [0.1, 0.15) is 27.9 Å². The number of methoxy groups -OCH3 is 3. The van der Waals surface area contributed by atoms with Gasteiger partial charge in [0.25, 0.3) is 5.91 Å². The quantitative estimate of drug-likeness (QED) is 0.587. The minimum Gasteiger partial charge on any atom is -0.497 e. The van der Waals surface area contributed by atoms with Gasteiger partial charge >= 0.3 is 0 Å². The Bertz CT molecular complexity index is 1080. The molecule has 0 aliphatic carbocycles. The third-order valence-corrected chi connectivity index (χ3v) is 5.42. The monoisotopic (exact) mass is 417 g/mol. The smallest absolute Gasteiger partial charge is 0.269 e. The van der Waals surface area contributed by atoms with Crippen molar-refractivity contribution >= 4 is 41.0 Å². The van der Waals surface area contributed by atoms with E-state index in [1.54, 1.807) is 55.2 Å². The summed E-state index contributed by atoms with van der Waals surface area (Å²) in [5, 5.41) is 2.81. The number of rotatable bonds is 6. The lowest BCUT2D eigenvalue weighted by molar-refractivity contribution is 0.103. The molecule has 3 aromatic rings. The molecule has 2 aromatic carbocycles. The molecule has 0 spiro atoms. The summed E-state index contributed by atoms with van der Waals surface area (Å²) < 4.78 is 18.0. The van der Waals surface area contributed by atoms with Crippen molar-refractivity contribution in [3.63, 3.8) is 0 Å². The minimum absolute atomic E-state index is 0.217. The van der Waals surface area contributed by atoms with E-state index in [0.29, 0.717) is 37.5 Å². The molecular weight excluding hydrogens is 398 g/mol. The van der Waals surface area contributed by atoms with Crippen molar-refractivity contribution in [2.24, 2.45) is 0 Å². The molecule has 0 atom stereocenters. The Morgan fingerprint density at radius 3 is 2.46 bits per heavy atom. The highest BCUT2D eigenvalue weighted by molar-refractivity contribution is 7.73. The van der Waals surface area contributed by atoms with E-state index in [0.717, 1.165) is 11.3 Å². The number of para-hydroxylation sites is 2. The lowest BCUT2D eigenvalue weighted by atomic mass is 10.2. The van der Waals surface area contributed by atoms with Gasteiger partial charge in [-0.25, -0.2) is 0 Å². The van der Waals surface area contributed by atoms with Gasteiger partial charge < -0.3 is 25.3 Å². The maximum absolute atomic E-state index is 12.8. The number of carbonyl (C=O) groups is 1. The van der Waals surface area contributed by atoms with Crippen molar-refractivity contribution in [2.75, 3.05) is 32.4 Å². The van der Waals surface area contributed by atoms with Gasteiger partial charge in [-0.3, -0.25) is 9.36 Å². The molecule has 0 saturated carbocycles. The highest BCUT2D eigenvalue weighted by Crippen LogP contribution is 2.34. The van der Waals surface area contributed by atoms with Gasteiger partial charge in [-0.2, -0.15) is 0 Å². The molecular formula is C19H19N3O4S2. The van der Waals surface area contributed by atoms with E-state index in [4.69, 9.17) is 32.2 Å². The Balaban J connectivity index is 2.03. The molecule has 0 aliphatic heterocycles. The zero-order valence-corrected chi connectivity index (χ0v) is 17.1. The van der Waals surface area contributed by atoms with Crippen LogP contribution in [-0.4, -0.2) is 31.8 Å². The fourth-order valence-electron chi connectivity index (χ4n) is 2.67. The largest absolute Gasteiger partial charge is 0.497 e. The van der Waals surface area contributed by atoms with Gasteiger partial charge in [0, 0.05) is 6.07 Å². The first-order valence-electron chi connectivity index (χ1n) is 8.18. The standard InChI is InChI=1S/C19H19N3O4S2/c1-24-11-8-9-15(26-3)13(10-11)22-17(20)16(28-19(22)27)18(23)21-12-6-4-5-7-14(12)25-2/h4-10H,20H2,1-3H3,(H,21,23). The molecule has 1 amide bonds. The van der Waals surface area contributed by atoms with E-state index >= 15 is 0 Å². The van der Waals surface area contributed by atoms with Crippen LogP contribution in [0.2, 0.25) is 0 Å². The van der Waals surface area contributed by atoms with E-state index in [9.17, 15) is 4.79 Å². The molecule has 0 aliphatic rings. The number of aromatic nitrogens is 1. The second kappa shape index (κ2) is 8.32. The minimum atomic E-state index is -0.376. The van der Waals surface area contributed by atoms with E-state index < -0.39 is 0 Å². The molecule has 3 rings (SSSR count). The number of thiazole rings is 1. The molecule has 7 nitrogen and oxygen atoms in total. The lowest BCUT2D eigenvalue weighted by Crippen LogP contribution is -2.14. The second-order valence-corrected chi connectivity index (χ2v) is 7.25. The fourth-order valence-corrected chi connectivity index (χ4v) is 3.92. The highest BCUT2D eigenvalue weighted by Gasteiger charge is 2.21. The number of hydrogen-bond donors (Lipinski definition) is 2. The average molecular weight is 418 g/mol. The summed E-state index contributed by atoms with van der Waals surface area (Å²) in [5.41, 5.74) is 7.43. The Morgan fingerprint density at radius 2 is 1.79 bits per heavy atom. The summed E-state index contributed by atoms with van der Waals surface area (Å²) in [4.78, 5) is 13.1. The van der Waals surface area contributed by atoms with E-state index in [-0.39, 0.29) is 11.7 Å². The predicted octanol–water partition coefficient (Wildman–Crippen LogP) is 4.13. The van der Waals surface area contributed by atoms with Crippen LogP contribution in [0.25, 0.3) is 5.69 Å². The zero-order valence-electron chi connectivity index (χ0n) is 15.5. The van der Waals surface area contributed by atoms with Crippen LogP contribution in [0, 0.1) is 3.95 Å². The summed E-state index contributed by atoms with van der Waals surface area (Å²) >= 11 is 6.58.